The Kier molecular flexibility index (Phi) is 3.76. The molecule has 6 heteroatoms. The van der Waals surface area contributed by atoms with Crippen LogP contribution in [-0.4, -0.2) is 24.5 Å². The van der Waals surface area contributed by atoms with E-state index < -0.39 is 0 Å². The Balaban J connectivity index is 1.96. The third-order valence-corrected chi connectivity index (χ3v) is 2.89. The van der Waals surface area contributed by atoms with Gasteiger partial charge in [-0.15, -0.1) is 10.2 Å². The van der Waals surface area contributed by atoms with Crippen LogP contribution in [0.25, 0.3) is 0 Å². The van der Waals surface area contributed by atoms with Crippen LogP contribution in [0, 0.1) is 0 Å². The van der Waals surface area contributed by atoms with E-state index in [0.29, 0.717) is 12.5 Å². The molecule has 6 nitrogen and oxygen atoms in total. The second-order valence-corrected chi connectivity index (χ2v) is 4.83. The third-order valence-electron chi connectivity index (χ3n) is 2.89. The molecule has 2 heterocycles. The summed E-state index contributed by atoms with van der Waals surface area (Å²) < 4.78 is 3.79. The molecule has 0 aromatic carbocycles. The molecule has 0 unspecified atom stereocenters. The molecular weight excluding hydrogens is 228 g/mol. The van der Waals surface area contributed by atoms with E-state index in [2.05, 4.69) is 40.7 Å². The number of hydrogen-bond acceptors (Lipinski definition) is 4. The molecule has 0 amide bonds. The summed E-state index contributed by atoms with van der Waals surface area (Å²) in [4.78, 5) is 0. The smallest absolute Gasteiger partial charge is 0.146 e. The Morgan fingerprint density at radius 1 is 1.28 bits per heavy atom. The van der Waals surface area contributed by atoms with E-state index in [1.54, 1.807) is 6.33 Å². The van der Waals surface area contributed by atoms with Crippen LogP contribution in [0.2, 0.25) is 0 Å². The minimum atomic E-state index is 0.442. The zero-order valence-corrected chi connectivity index (χ0v) is 11.4. The molecule has 0 radical (unpaired) electrons. The van der Waals surface area contributed by atoms with Crippen LogP contribution in [0.3, 0.4) is 0 Å². The van der Waals surface area contributed by atoms with Crippen molar-refractivity contribution in [2.24, 2.45) is 14.1 Å². The van der Waals surface area contributed by atoms with Crippen molar-refractivity contribution >= 4 is 0 Å². The fourth-order valence-electron chi connectivity index (χ4n) is 1.95. The average molecular weight is 248 g/mol. The maximum Gasteiger partial charge on any atom is 0.146 e. The highest BCUT2D eigenvalue weighted by atomic mass is 15.3. The number of rotatable bonds is 5. The van der Waals surface area contributed by atoms with Crippen LogP contribution in [0.5, 0.6) is 0 Å². The van der Waals surface area contributed by atoms with E-state index in [-0.39, 0.29) is 0 Å². The molecule has 0 fully saturated rings. The lowest BCUT2D eigenvalue weighted by molar-refractivity contribution is 0.631. The Labute approximate surface area is 107 Å². The van der Waals surface area contributed by atoms with Crippen molar-refractivity contribution in [3.05, 3.63) is 29.6 Å². The van der Waals surface area contributed by atoms with E-state index in [1.165, 1.54) is 5.56 Å². The average Bonchev–Trinajstić information content (AvgIpc) is 2.86. The van der Waals surface area contributed by atoms with Crippen molar-refractivity contribution in [1.82, 2.24) is 29.9 Å². The van der Waals surface area contributed by atoms with Crippen molar-refractivity contribution in [2.45, 2.75) is 32.9 Å². The second-order valence-electron chi connectivity index (χ2n) is 4.83. The predicted octanol–water partition coefficient (Wildman–Crippen LogP) is 0.962. The summed E-state index contributed by atoms with van der Waals surface area (Å²) in [6.45, 7) is 5.83. The summed E-state index contributed by atoms with van der Waals surface area (Å²) in [7, 11) is 3.90. The van der Waals surface area contributed by atoms with Crippen LogP contribution >= 0.6 is 0 Å². The summed E-state index contributed by atoms with van der Waals surface area (Å²) in [6, 6.07) is 0. The van der Waals surface area contributed by atoms with Crippen molar-refractivity contribution in [1.29, 1.82) is 0 Å². The van der Waals surface area contributed by atoms with Gasteiger partial charge in [-0.05, 0) is 5.92 Å². The highest BCUT2D eigenvalue weighted by molar-refractivity contribution is 5.19. The lowest BCUT2D eigenvalue weighted by atomic mass is 10.1. The van der Waals surface area contributed by atoms with Gasteiger partial charge in [-0.1, -0.05) is 13.8 Å². The monoisotopic (exact) mass is 248 g/mol. The third kappa shape index (κ3) is 2.76. The van der Waals surface area contributed by atoms with Gasteiger partial charge in [0, 0.05) is 32.4 Å². The highest BCUT2D eigenvalue weighted by Gasteiger charge is 2.11. The Bertz CT molecular complexity index is 510. The van der Waals surface area contributed by atoms with E-state index in [4.69, 9.17) is 0 Å². The first-order valence-electron chi connectivity index (χ1n) is 6.14. The molecule has 0 atom stereocenters. The maximum atomic E-state index is 4.49. The van der Waals surface area contributed by atoms with Crippen LogP contribution < -0.4 is 5.32 Å². The van der Waals surface area contributed by atoms with Crippen molar-refractivity contribution in [3.63, 3.8) is 0 Å². The SMILES string of the molecule is CC(C)c1nn(C)cc1CNCc1nncn1C. The molecule has 1 N–H and O–H groups in total. The van der Waals surface area contributed by atoms with Crippen molar-refractivity contribution in [2.75, 3.05) is 0 Å². The first-order valence-corrected chi connectivity index (χ1v) is 6.14. The molecule has 0 spiro atoms. The molecule has 0 aliphatic rings. The number of nitrogens with zero attached hydrogens (tertiary/aromatic N) is 5. The molecule has 2 aromatic heterocycles. The van der Waals surface area contributed by atoms with Crippen LogP contribution in [0.15, 0.2) is 12.5 Å². The number of aryl methyl sites for hydroxylation is 2. The predicted molar refractivity (Wildman–Crippen MR) is 68.8 cm³/mol. The molecule has 0 aliphatic heterocycles. The number of hydrogen-bond donors (Lipinski definition) is 1. The molecule has 0 bridgehead atoms. The van der Waals surface area contributed by atoms with E-state index in [9.17, 15) is 0 Å². The van der Waals surface area contributed by atoms with Gasteiger partial charge in [0.2, 0.25) is 0 Å². The van der Waals surface area contributed by atoms with Gasteiger partial charge in [-0.25, -0.2) is 0 Å². The molecule has 0 saturated heterocycles. The van der Waals surface area contributed by atoms with E-state index >= 15 is 0 Å². The minimum absolute atomic E-state index is 0.442. The molecule has 18 heavy (non-hydrogen) atoms. The van der Waals surface area contributed by atoms with Crippen molar-refractivity contribution < 1.29 is 0 Å². The zero-order valence-electron chi connectivity index (χ0n) is 11.4. The quantitative estimate of drug-likeness (QED) is 0.856. The lowest BCUT2D eigenvalue weighted by Gasteiger charge is -2.06. The van der Waals surface area contributed by atoms with Crippen LogP contribution in [-0.2, 0) is 27.2 Å². The van der Waals surface area contributed by atoms with Gasteiger partial charge < -0.3 is 9.88 Å². The largest absolute Gasteiger partial charge is 0.320 e. The summed E-state index contributed by atoms with van der Waals surface area (Å²) in [5.41, 5.74) is 2.40. The van der Waals surface area contributed by atoms with Gasteiger partial charge >= 0.3 is 0 Å². The first kappa shape index (κ1) is 12.8. The van der Waals surface area contributed by atoms with Gasteiger partial charge in [-0.3, -0.25) is 4.68 Å². The highest BCUT2D eigenvalue weighted by Crippen LogP contribution is 2.16. The fourth-order valence-corrected chi connectivity index (χ4v) is 1.95. The lowest BCUT2D eigenvalue weighted by Crippen LogP contribution is -2.16. The standard InChI is InChI=1S/C12H20N6/c1-9(2)12-10(7-18(4)16-12)5-13-6-11-15-14-8-17(11)3/h7-9,13H,5-6H2,1-4H3. The van der Waals surface area contributed by atoms with Crippen LogP contribution in [0.1, 0.15) is 36.8 Å². The summed E-state index contributed by atoms with van der Waals surface area (Å²) in [6.07, 6.45) is 3.78. The van der Waals surface area contributed by atoms with Gasteiger partial charge in [0.1, 0.15) is 12.2 Å². The van der Waals surface area contributed by atoms with Gasteiger partial charge in [0.25, 0.3) is 0 Å². The molecular formula is C12H20N6. The summed E-state index contributed by atoms with van der Waals surface area (Å²) >= 11 is 0. The normalized spacial score (nSPS) is 11.4. The summed E-state index contributed by atoms with van der Waals surface area (Å²) in [5, 5.41) is 15.8. The van der Waals surface area contributed by atoms with Crippen LogP contribution in [0.4, 0.5) is 0 Å². The fraction of sp³-hybridized carbons (Fsp3) is 0.583. The van der Waals surface area contributed by atoms with E-state index in [1.807, 2.05) is 23.3 Å². The molecule has 0 aliphatic carbocycles. The maximum absolute atomic E-state index is 4.49. The Morgan fingerprint density at radius 3 is 2.67 bits per heavy atom. The first-order chi connectivity index (χ1) is 8.58. The zero-order chi connectivity index (χ0) is 13.1. The van der Waals surface area contributed by atoms with E-state index in [0.717, 1.165) is 18.1 Å². The topological polar surface area (TPSA) is 60.6 Å². The molecule has 2 aromatic rings. The van der Waals surface area contributed by atoms with Gasteiger partial charge in [0.05, 0.1) is 12.2 Å². The number of aromatic nitrogens is 5. The van der Waals surface area contributed by atoms with Crippen molar-refractivity contribution in [3.8, 4) is 0 Å². The minimum Gasteiger partial charge on any atom is -0.320 e. The number of nitrogens with one attached hydrogen (secondary N) is 1. The van der Waals surface area contributed by atoms with Gasteiger partial charge in [0.15, 0.2) is 0 Å². The summed E-state index contributed by atoms with van der Waals surface area (Å²) in [5.74, 6) is 1.38. The Hall–Kier alpha value is -1.69. The molecule has 98 valence electrons. The Morgan fingerprint density at radius 2 is 2.06 bits per heavy atom. The molecule has 0 saturated carbocycles. The molecule has 2 rings (SSSR count). The second kappa shape index (κ2) is 5.30. The van der Waals surface area contributed by atoms with Gasteiger partial charge in [-0.2, -0.15) is 5.10 Å².